The summed E-state index contributed by atoms with van der Waals surface area (Å²) in [6.07, 6.45) is -11.6. The fourth-order valence-corrected chi connectivity index (χ4v) is 4.16. The van der Waals surface area contributed by atoms with Crippen LogP contribution in [-0.4, -0.2) is 34.6 Å². The minimum Gasteiger partial charge on any atom is -0.307 e. The van der Waals surface area contributed by atoms with Crippen LogP contribution in [0.15, 0.2) is 101 Å². The first-order chi connectivity index (χ1) is 17.0. The van der Waals surface area contributed by atoms with Crippen LogP contribution in [0.1, 0.15) is 36.1 Å². The van der Waals surface area contributed by atoms with Crippen LogP contribution in [0.4, 0.5) is 26.3 Å². The van der Waals surface area contributed by atoms with Gasteiger partial charge in [-0.15, -0.1) is 0 Å². The Hall–Kier alpha value is -3.62. The van der Waals surface area contributed by atoms with Gasteiger partial charge in [0, 0.05) is 12.0 Å². The van der Waals surface area contributed by atoms with Gasteiger partial charge in [0.05, 0.1) is 6.04 Å². The average Bonchev–Trinajstić information content (AvgIpc) is 2.87. The second kappa shape index (κ2) is 9.79. The van der Waals surface area contributed by atoms with Crippen molar-refractivity contribution >= 4 is 11.7 Å². The fourth-order valence-electron chi connectivity index (χ4n) is 4.16. The number of alkyl halides is 6. The van der Waals surface area contributed by atoms with Crippen LogP contribution in [0.2, 0.25) is 0 Å². The van der Waals surface area contributed by atoms with Gasteiger partial charge in [-0.1, -0.05) is 91.0 Å². The van der Waals surface area contributed by atoms with Crippen molar-refractivity contribution in [2.75, 3.05) is 0 Å². The zero-order chi connectivity index (χ0) is 26.0. The van der Waals surface area contributed by atoms with Crippen molar-refractivity contribution in [1.29, 1.82) is 0 Å². The first kappa shape index (κ1) is 25.5. The molecule has 1 heterocycles. The summed E-state index contributed by atoms with van der Waals surface area (Å²) in [5.74, 6) is -0.765. The third-order valence-electron chi connectivity index (χ3n) is 6.04. The summed E-state index contributed by atoms with van der Waals surface area (Å²) in [6.45, 7) is 1.71. The zero-order valence-electron chi connectivity index (χ0n) is 19.3. The number of amidine groups is 2. The second-order valence-corrected chi connectivity index (χ2v) is 8.44. The van der Waals surface area contributed by atoms with E-state index in [1.165, 1.54) is 17.0 Å². The van der Waals surface area contributed by atoms with Gasteiger partial charge in [-0.2, -0.15) is 26.3 Å². The summed E-state index contributed by atoms with van der Waals surface area (Å²) in [5, 5.41) is 0. The molecule has 9 heteroatoms. The molecule has 0 bridgehead atoms. The van der Waals surface area contributed by atoms with E-state index in [1.54, 1.807) is 85.8 Å². The highest BCUT2D eigenvalue weighted by molar-refractivity contribution is 6.11. The number of nitrogens with zero attached hydrogens (tertiary/aromatic N) is 3. The molecule has 36 heavy (non-hydrogen) atoms. The Morgan fingerprint density at radius 3 is 1.72 bits per heavy atom. The van der Waals surface area contributed by atoms with Gasteiger partial charge in [0.25, 0.3) is 0 Å². The first-order valence-corrected chi connectivity index (χ1v) is 11.3. The van der Waals surface area contributed by atoms with Crippen LogP contribution in [0.3, 0.4) is 0 Å². The number of halogens is 6. The van der Waals surface area contributed by atoms with Crippen LogP contribution in [0.5, 0.6) is 0 Å². The Labute approximate surface area is 204 Å². The van der Waals surface area contributed by atoms with Crippen LogP contribution in [0.25, 0.3) is 0 Å². The lowest BCUT2D eigenvalue weighted by Gasteiger charge is -2.42. The average molecular weight is 503 g/mol. The molecule has 0 spiro atoms. The number of benzene rings is 3. The molecular formula is C27H23F6N3. The van der Waals surface area contributed by atoms with Crippen molar-refractivity contribution in [2.24, 2.45) is 9.98 Å². The van der Waals surface area contributed by atoms with E-state index in [0.29, 0.717) is 5.56 Å². The number of hydrogen-bond acceptors (Lipinski definition) is 3. The highest BCUT2D eigenvalue weighted by Gasteiger charge is 2.74. The first-order valence-electron chi connectivity index (χ1n) is 11.3. The minimum absolute atomic E-state index is 0.130. The second-order valence-electron chi connectivity index (χ2n) is 8.44. The maximum atomic E-state index is 14.2. The van der Waals surface area contributed by atoms with E-state index >= 15 is 0 Å². The predicted octanol–water partition coefficient (Wildman–Crippen LogP) is 7.36. The molecule has 0 fully saturated rings. The fraction of sp³-hybridized carbons (Fsp3) is 0.259. The molecule has 188 valence electrons. The Morgan fingerprint density at radius 2 is 1.19 bits per heavy atom. The summed E-state index contributed by atoms with van der Waals surface area (Å²) < 4.78 is 85.3. The Bertz CT molecular complexity index is 1210. The van der Waals surface area contributed by atoms with E-state index in [2.05, 4.69) is 9.98 Å². The number of rotatable bonds is 6. The molecule has 1 unspecified atom stereocenters. The number of aryl methyl sites for hydroxylation is 1. The van der Waals surface area contributed by atoms with Crippen LogP contribution in [-0.2, 0) is 6.42 Å². The molecule has 1 aliphatic rings. The maximum Gasteiger partial charge on any atom is 0.443 e. The van der Waals surface area contributed by atoms with Crippen LogP contribution < -0.4 is 0 Å². The molecule has 0 radical (unpaired) electrons. The van der Waals surface area contributed by atoms with Gasteiger partial charge in [-0.05, 0) is 24.5 Å². The van der Waals surface area contributed by atoms with Crippen LogP contribution in [0, 0.1) is 0 Å². The lowest BCUT2D eigenvalue weighted by atomic mass is 10.00. The van der Waals surface area contributed by atoms with Crippen molar-refractivity contribution in [1.82, 2.24) is 4.90 Å². The summed E-state index contributed by atoms with van der Waals surface area (Å²) >= 11 is 0. The van der Waals surface area contributed by atoms with Crippen molar-refractivity contribution in [2.45, 2.75) is 43.8 Å². The van der Waals surface area contributed by atoms with Crippen molar-refractivity contribution in [3.63, 3.8) is 0 Å². The monoisotopic (exact) mass is 503 g/mol. The smallest absolute Gasteiger partial charge is 0.307 e. The van der Waals surface area contributed by atoms with E-state index in [-0.39, 0.29) is 24.2 Å². The minimum atomic E-state index is -5.80. The van der Waals surface area contributed by atoms with Gasteiger partial charge < -0.3 is 4.90 Å². The SMILES string of the molecule is CC(c1ccccc1)N1C(CCc2ccccc2)=NC(C(F)(F)F)(C(F)(F)F)N=C1c1ccccc1. The third kappa shape index (κ3) is 4.87. The molecule has 0 N–H and O–H groups in total. The lowest BCUT2D eigenvalue weighted by Crippen LogP contribution is -2.59. The van der Waals surface area contributed by atoms with Gasteiger partial charge in [-0.25, -0.2) is 9.98 Å². The van der Waals surface area contributed by atoms with E-state index in [4.69, 9.17) is 0 Å². The highest BCUT2D eigenvalue weighted by atomic mass is 19.4. The molecular weight excluding hydrogens is 480 g/mol. The van der Waals surface area contributed by atoms with Crippen molar-refractivity contribution in [3.8, 4) is 0 Å². The van der Waals surface area contributed by atoms with E-state index in [1.807, 2.05) is 0 Å². The van der Waals surface area contributed by atoms with Gasteiger partial charge >= 0.3 is 18.0 Å². The molecule has 4 rings (SSSR count). The number of aliphatic imine (C=N–C) groups is 2. The van der Waals surface area contributed by atoms with Gasteiger partial charge in [0.1, 0.15) is 11.7 Å². The molecule has 0 saturated heterocycles. The molecule has 3 nitrogen and oxygen atoms in total. The summed E-state index contributed by atoms with van der Waals surface area (Å²) in [7, 11) is 0. The molecule has 0 saturated carbocycles. The van der Waals surface area contributed by atoms with Crippen LogP contribution >= 0.6 is 0 Å². The zero-order valence-corrected chi connectivity index (χ0v) is 19.3. The highest BCUT2D eigenvalue weighted by Crippen LogP contribution is 2.50. The lowest BCUT2D eigenvalue weighted by molar-refractivity contribution is -0.293. The van der Waals surface area contributed by atoms with Crippen molar-refractivity contribution in [3.05, 3.63) is 108 Å². The van der Waals surface area contributed by atoms with Crippen molar-refractivity contribution < 1.29 is 26.3 Å². The number of hydrogen-bond donors (Lipinski definition) is 0. The van der Waals surface area contributed by atoms with E-state index in [0.717, 1.165) is 5.56 Å². The molecule has 1 aliphatic heterocycles. The predicted molar refractivity (Wildman–Crippen MR) is 127 cm³/mol. The molecule has 3 aromatic rings. The van der Waals surface area contributed by atoms with E-state index < -0.39 is 29.9 Å². The topological polar surface area (TPSA) is 28.0 Å². The summed E-state index contributed by atoms with van der Waals surface area (Å²) in [5.41, 5.74) is -3.02. The molecule has 0 aromatic heterocycles. The molecule has 0 aliphatic carbocycles. The Morgan fingerprint density at radius 1 is 0.694 bits per heavy atom. The normalized spacial score (nSPS) is 16.8. The summed E-state index contributed by atoms with van der Waals surface area (Å²) in [4.78, 5) is 8.14. The van der Waals surface area contributed by atoms with Gasteiger partial charge in [0.15, 0.2) is 0 Å². The summed E-state index contributed by atoms with van der Waals surface area (Å²) in [6, 6.07) is 24.6. The quantitative estimate of drug-likeness (QED) is 0.323. The maximum absolute atomic E-state index is 14.2. The Balaban J connectivity index is 1.93. The Kier molecular flexibility index (Phi) is 6.93. The molecule has 3 aromatic carbocycles. The largest absolute Gasteiger partial charge is 0.443 e. The van der Waals surface area contributed by atoms with Gasteiger partial charge in [0.2, 0.25) is 0 Å². The third-order valence-corrected chi connectivity index (χ3v) is 6.04. The van der Waals surface area contributed by atoms with E-state index in [9.17, 15) is 26.3 Å². The molecule has 0 amide bonds. The van der Waals surface area contributed by atoms with Gasteiger partial charge in [-0.3, -0.25) is 0 Å². The molecule has 1 atom stereocenters. The standard InChI is InChI=1S/C27H23F6N3/c1-19(21-13-7-3-8-14-21)36-23(18-17-20-11-5-2-6-12-20)34-25(26(28,29)30,27(31,32)33)35-24(36)22-15-9-4-10-16-22/h2-16,19H,17-18H2,1H3.